The van der Waals surface area contributed by atoms with Crippen LogP contribution in [0.15, 0.2) is 59.2 Å². The van der Waals surface area contributed by atoms with Gasteiger partial charge in [0.05, 0.1) is 6.26 Å². The zero-order chi connectivity index (χ0) is 14.5. The van der Waals surface area contributed by atoms with Crippen molar-refractivity contribution in [1.82, 2.24) is 10.2 Å². The summed E-state index contributed by atoms with van der Waals surface area (Å²) in [6, 6.07) is 13.2. The Kier molecular flexibility index (Phi) is 3.88. The topological polar surface area (TPSA) is 68.0 Å². The molecule has 21 heavy (non-hydrogen) atoms. The van der Waals surface area contributed by atoms with Gasteiger partial charge in [0, 0.05) is 11.6 Å². The summed E-state index contributed by atoms with van der Waals surface area (Å²) in [6.07, 6.45) is 4.53. The smallest absolute Gasteiger partial charge is 0.250 e. The lowest BCUT2D eigenvalue weighted by atomic mass is 10.2. The number of benzene rings is 1. The summed E-state index contributed by atoms with van der Waals surface area (Å²) < 4.78 is 5.10. The van der Waals surface area contributed by atoms with Crippen LogP contribution in [0.25, 0.3) is 16.6 Å². The summed E-state index contributed by atoms with van der Waals surface area (Å²) in [5.41, 5.74) is 0.974. The third kappa shape index (κ3) is 3.43. The van der Waals surface area contributed by atoms with Crippen molar-refractivity contribution in [3.8, 4) is 10.6 Å². The summed E-state index contributed by atoms with van der Waals surface area (Å²) in [4.78, 5) is 11.8. The molecule has 0 atom stereocenters. The molecule has 0 fully saturated rings. The zero-order valence-corrected chi connectivity index (χ0v) is 11.7. The van der Waals surface area contributed by atoms with Crippen LogP contribution in [0.5, 0.6) is 0 Å². The predicted octanol–water partition coefficient (Wildman–Crippen LogP) is 3.45. The lowest BCUT2D eigenvalue weighted by Crippen LogP contribution is -2.07. The zero-order valence-electron chi connectivity index (χ0n) is 10.9. The predicted molar refractivity (Wildman–Crippen MR) is 81.7 cm³/mol. The molecule has 0 aliphatic carbocycles. The Hall–Kier alpha value is -2.73. The molecule has 1 aromatic carbocycles. The molecule has 0 aliphatic heterocycles. The molecule has 3 rings (SSSR count). The molecule has 2 heterocycles. The maximum atomic E-state index is 11.8. The monoisotopic (exact) mass is 297 g/mol. The molecule has 0 spiro atoms. The van der Waals surface area contributed by atoms with E-state index in [2.05, 4.69) is 15.5 Å². The standard InChI is InChI=1S/C15H11N3O2S/c19-13(9-8-12-7-4-10-20-12)16-15-18-17-14(21-15)11-5-2-1-3-6-11/h1-10H,(H,16,18,19)/b9-8-. The summed E-state index contributed by atoms with van der Waals surface area (Å²) in [7, 11) is 0. The first kappa shape index (κ1) is 13.3. The highest BCUT2D eigenvalue weighted by Gasteiger charge is 2.07. The minimum absolute atomic E-state index is 0.276. The fraction of sp³-hybridized carbons (Fsp3) is 0. The second-order valence-corrected chi connectivity index (χ2v) is 5.09. The van der Waals surface area contributed by atoms with Gasteiger partial charge in [0.25, 0.3) is 0 Å². The Balaban J connectivity index is 1.66. The number of amides is 1. The van der Waals surface area contributed by atoms with E-state index in [-0.39, 0.29) is 5.91 Å². The molecule has 1 N–H and O–H groups in total. The summed E-state index contributed by atoms with van der Waals surface area (Å²) in [6.45, 7) is 0. The lowest BCUT2D eigenvalue weighted by Gasteiger charge is -1.94. The Morgan fingerprint density at radius 1 is 1.14 bits per heavy atom. The summed E-state index contributed by atoms with van der Waals surface area (Å²) in [5, 5.41) is 11.9. The number of aromatic nitrogens is 2. The summed E-state index contributed by atoms with van der Waals surface area (Å²) in [5.74, 6) is 0.342. The SMILES string of the molecule is O=C(/C=C\c1ccco1)Nc1nnc(-c2ccccc2)s1. The van der Waals surface area contributed by atoms with Crippen LogP contribution >= 0.6 is 11.3 Å². The van der Waals surface area contributed by atoms with Gasteiger partial charge >= 0.3 is 0 Å². The van der Waals surface area contributed by atoms with Crippen molar-refractivity contribution in [2.45, 2.75) is 0 Å². The van der Waals surface area contributed by atoms with Gasteiger partial charge in [0.2, 0.25) is 11.0 Å². The highest BCUT2D eigenvalue weighted by atomic mass is 32.1. The van der Waals surface area contributed by atoms with Crippen LogP contribution in [-0.4, -0.2) is 16.1 Å². The highest BCUT2D eigenvalue weighted by molar-refractivity contribution is 7.18. The minimum atomic E-state index is -0.276. The van der Waals surface area contributed by atoms with Crippen molar-refractivity contribution in [3.05, 3.63) is 60.6 Å². The number of anilines is 1. The largest absolute Gasteiger partial charge is 0.465 e. The van der Waals surface area contributed by atoms with Crippen LogP contribution in [0.1, 0.15) is 5.76 Å². The molecule has 1 amide bonds. The number of furan rings is 1. The normalized spacial score (nSPS) is 10.9. The number of nitrogens with one attached hydrogen (secondary N) is 1. The van der Waals surface area contributed by atoms with Gasteiger partial charge in [-0.25, -0.2) is 0 Å². The van der Waals surface area contributed by atoms with E-state index in [1.54, 1.807) is 24.5 Å². The van der Waals surface area contributed by atoms with Gasteiger partial charge in [-0.05, 0) is 18.2 Å². The van der Waals surface area contributed by atoms with E-state index in [0.717, 1.165) is 10.6 Å². The third-order valence-corrected chi connectivity index (χ3v) is 3.51. The molecule has 6 heteroatoms. The lowest BCUT2D eigenvalue weighted by molar-refractivity contribution is -0.111. The van der Waals surface area contributed by atoms with E-state index < -0.39 is 0 Å². The van der Waals surface area contributed by atoms with Gasteiger partial charge in [0.1, 0.15) is 10.8 Å². The van der Waals surface area contributed by atoms with E-state index in [1.165, 1.54) is 17.4 Å². The Morgan fingerprint density at radius 3 is 2.76 bits per heavy atom. The number of carbonyl (C=O) groups excluding carboxylic acids is 1. The molecule has 3 aromatic rings. The first-order chi connectivity index (χ1) is 10.3. The maximum absolute atomic E-state index is 11.8. The van der Waals surface area contributed by atoms with Crippen molar-refractivity contribution < 1.29 is 9.21 Å². The van der Waals surface area contributed by atoms with Crippen LogP contribution in [0.2, 0.25) is 0 Å². The summed E-state index contributed by atoms with van der Waals surface area (Å²) >= 11 is 1.33. The highest BCUT2D eigenvalue weighted by Crippen LogP contribution is 2.25. The molecule has 104 valence electrons. The van der Waals surface area contributed by atoms with E-state index in [4.69, 9.17) is 4.42 Å². The number of nitrogens with zero attached hydrogens (tertiary/aromatic N) is 2. The van der Waals surface area contributed by atoms with Crippen molar-refractivity contribution in [3.63, 3.8) is 0 Å². The number of hydrogen-bond acceptors (Lipinski definition) is 5. The van der Waals surface area contributed by atoms with E-state index in [1.807, 2.05) is 30.3 Å². The second-order valence-electron chi connectivity index (χ2n) is 4.12. The first-order valence-electron chi connectivity index (χ1n) is 6.23. The Morgan fingerprint density at radius 2 is 2.00 bits per heavy atom. The van der Waals surface area contributed by atoms with Crippen LogP contribution in [0.4, 0.5) is 5.13 Å². The number of hydrogen-bond donors (Lipinski definition) is 1. The van der Waals surface area contributed by atoms with Gasteiger partial charge in [0.15, 0.2) is 0 Å². The third-order valence-electron chi connectivity index (χ3n) is 2.62. The Labute approximate surface area is 125 Å². The van der Waals surface area contributed by atoms with Crippen molar-refractivity contribution in [1.29, 1.82) is 0 Å². The van der Waals surface area contributed by atoms with Gasteiger partial charge in [-0.15, -0.1) is 10.2 Å². The van der Waals surface area contributed by atoms with Crippen molar-refractivity contribution >= 4 is 28.5 Å². The molecule has 0 aliphatic rings. The van der Waals surface area contributed by atoms with E-state index >= 15 is 0 Å². The van der Waals surface area contributed by atoms with E-state index in [0.29, 0.717) is 10.9 Å². The Bertz CT molecular complexity index is 748. The molecule has 0 unspecified atom stereocenters. The molecule has 0 saturated carbocycles. The fourth-order valence-electron chi connectivity index (χ4n) is 1.66. The van der Waals surface area contributed by atoms with Crippen LogP contribution in [-0.2, 0) is 4.79 Å². The average molecular weight is 297 g/mol. The van der Waals surface area contributed by atoms with Gasteiger partial charge < -0.3 is 4.42 Å². The molecule has 5 nitrogen and oxygen atoms in total. The minimum Gasteiger partial charge on any atom is -0.465 e. The van der Waals surface area contributed by atoms with Gasteiger partial charge in [-0.3, -0.25) is 10.1 Å². The average Bonchev–Trinajstić information content (AvgIpc) is 3.17. The molecular formula is C15H11N3O2S. The van der Waals surface area contributed by atoms with Crippen LogP contribution in [0.3, 0.4) is 0 Å². The number of rotatable bonds is 4. The number of carbonyl (C=O) groups is 1. The quantitative estimate of drug-likeness (QED) is 0.749. The fourth-order valence-corrected chi connectivity index (χ4v) is 2.41. The van der Waals surface area contributed by atoms with Crippen molar-refractivity contribution in [2.75, 3.05) is 5.32 Å². The van der Waals surface area contributed by atoms with Gasteiger partial charge in [-0.2, -0.15) is 0 Å². The molecule has 0 radical (unpaired) electrons. The van der Waals surface area contributed by atoms with E-state index in [9.17, 15) is 4.79 Å². The van der Waals surface area contributed by atoms with Crippen molar-refractivity contribution in [2.24, 2.45) is 0 Å². The maximum Gasteiger partial charge on any atom is 0.250 e. The molecule has 0 bridgehead atoms. The molecule has 2 aromatic heterocycles. The van der Waals surface area contributed by atoms with Crippen LogP contribution in [0, 0.1) is 0 Å². The first-order valence-corrected chi connectivity index (χ1v) is 7.04. The van der Waals surface area contributed by atoms with Crippen LogP contribution < -0.4 is 5.32 Å². The molecule has 0 saturated heterocycles. The molecular weight excluding hydrogens is 286 g/mol. The van der Waals surface area contributed by atoms with Gasteiger partial charge in [-0.1, -0.05) is 41.7 Å². The second kappa shape index (κ2) is 6.15.